The van der Waals surface area contributed by atoms with Crippen molar-refractivity contribution in [2.75, 3.05) is 0 Å². The minimum Gasteiger partial charge on any atom is -0.668 e. The molecule has 1 aliphatic carbocycles. The van der Waals surface area contributed by atoms with Crippen molar-refractivity contribution >= 4 is 46.9 Å². The van der Waals surface area contributed by atoms with Crippen molar-refractivity contribution < 1.29 is 0 Å². The topological polar surface area (TPSA) is 56.4 Å². The van der Waals surface area contributed by atoms with Crippen LogP contribution in [-0.2, 0) is 6.42 Å². The summed E-state index contributed by atoms with van der Waals surface area (Å²) in [7, 11) is 0. The zero-order valence-corrected chi connectivity index (χ0v) is 16.0. The van der Waals surface area contributed by atoms with Crippen LogP contribution in [0.1, 0.15) is 41.7 Å². The van der Waals surface area contributed by atoms with Gasteiger partial charge in [-0.3, -0.25) is 0 Å². The van der Waals surface area contributed by atoms with Gasteiger partial charge in [-0.15, -0.1) is 33.5 Å². The fourth-order valence-electron chi connectivity index (χ4n) is 3.38. The maximum absolute atomic E-state index is 4.79. The Balaban J connectivity index is 0.00000168. The molecule has 124 valence electrons. The minimum atomic E-state index is 0. The second kappa shape index (κ2) is 6.74. The van der Waals surface area contributed by atoms with Gasteiger partial charge in [0, 0.05) is 0 Å². The molecule has 0 atom stereocenters. The summed E-state index contributed by atoms with van der Waals surface area (Å²) in [5.74, 6) is 0. The zero-order chi connectivity index (χ0) is 16.8. The average molecular weight is 349 g/mol. The number of hydrogen-bond acceptors (Lipinski definition) is 0. The Labute approximate surface area is 168 Å². The molecular formula is C21H16MgN4-2. The Kier molecular flexibility index (Phi) is 4.42. The largest absolute Gasteiger partial charge is 2.00 e. The minimum absolute atomic E-state index is 0. The van der Waals surface area contributed by atoms with E-state index in [0.717, 1.165) is 52.0 Å². The number of fused-ring (bicyclic) bond motifs is 5. The van der Waals surface area contributed by atoms with Crippen LogP contribution < -0.4 is 25.7 Å². The Hall–Kier alpha value is -2.37. The van der Waals surface area contributed by atoms with E-state index in [-0.39, 0.29) is 23.1 Å². The molecule has 3 aromatic rings. The first-order valence-electron chi connectivity index (χ1n) is 8.45. The summed E-state index contributed by atoms with van der Waals surface area (Å²) in [6.07, 6.45) is 10.0. The van der Waals surface area contributed by atoms with Crippen molar-refractivity contribution in [2.45, 2.75) is 19.8 Å². The summed E-state index contributed by atoms with van der Waals surface area (Å²) >= 11 is 0. The van der Waals surface area contributed by atoms with Crippen molar-refractivity contribution in [1.29, 1.82) is 0 Å². The summed E-state index contributed by atoms with van der Waals surface area (Å²) in [6.45, 7) is 2.00. The monoisotopic (exact) mass is 348 g/mol. The molecule has 3 aromatic heterocycles. The van der Waals surface area contributed by atoms with Crippen LogP contribution in [0, 0.1) is 0 Å². The Morgan fingerprint density at radius 3 is 2.31 bits per heavy atom. The van der Waals surface area contributed by atoms with Gasteiger partial charge in [0.15, 0.2) is 0 Å². The van der Waals surface area contributed by atoms with Crippen LogP contribution in [-0.4, -0.2) is 23.1 Å². The molecule has 26 heavy (non-hydrogen) atoms. The standard InChI is InChI=1S/C21H16N4.Mg/c1-13-8-16-4-5-17(23-16)10-18-6-7-19(24-18)11-20-9-14-2-3-15(12-22-13)21(14)25-20;/h4-12H,2-3H2,1H3;/q-4;+2/b13-8-,15-12-,18-10-,19-11-;. The van der Waals surface area contributed by atoms with Crippen LogP contribution in [0.5, 0.6) is 0 Å². The summed E-state index contributed by atoms with van der Waals surface area (Å²) in [5.41, 5.74) is 7.32. The summed E-state index contributed by atoms with van der Waals surface area (Å²) in [5, 5.41) is 6.44. The van der Waals surface area contributed by atoms with Crippen molar-refractivity contribution in [3.63, 3.8) is 0 Å². The molecule has 0 saturated heterocycles. The van der Waals surface area contributed by atoms with Crippen LogP contribution in [0.15, 0.2) is 42.2 Å². The van der Waals surface area contributed by atoms with Gasteiger partial charge in [0.05, 0.1) is 0 Å². The van der Waals surface area contributed by atoms with Crippen LogP contribution in [0.25, 0.3) is 29.1 Å². The van der Waals surface area contributed by atoms with Gasteiger partial charge >= 0.3 is 23.1 Å². The molecule has 5 heteroatoms. The van der Waals surface area contributed by atoms with E-state index >= 15 is 0 Å². The molecule has 5 rings (SSSR count). The van der Waals surface area contributed by atoms with Gasteiger partial charge in [-0.1, -0.05) is 66.6 Å². The van der Waals surface area contributed by atoms with Crippen LogP contribution in [0.3, 0.4) is 0 Å². The third-order valence-electron chi connectivity index (χ3n) is 4.57. The molecule has 0 radical (unpaired) electrons. The summed E-state index contributed by atoms with van der Waals surface area (Å²) in [6, 6.07) is 10.2. The number of allylic oxidation sites excluding steroid dienone is 2. The smallest absolute Gasteiger partial charge is 0.668 e. The Bertz CT molecular complexity index is 1140. The van der Waals surface area contributed by atoms with Crippen LogP contribution in [0.2, 0.25) is 0 Å². The molecule has 6 bridgehead atoms. The maximum atomic E-state index is 4.79. The van der Waals surface area contributed by atoms with Gasteiger partial charge < -0.3 is 20.3 Å². The third-order valence-corrected chi connectivity index (χ3v) is 4.57. The van der Waals surface area contributed by atoms with E-state index in [1.165, 1.54) is 11.1 Å². The first kappa shape index (κ1) is 17.1. The van der Waals surface area contributed by atoms with E-state index in [2.05, 4.69) is 21.4 Å². The molecule has 0 unspecified atom stereocenters. The van der Waals surface area contributed by atoms with Crippen LogP contribution in [0.4, 0.5) is 0 Å². The maximum Gasteiger partial charge on any atom is 2.00 e. The Morgan fingerprint density at radius 2 is 1.50 bits per heavy atom. The summed E-state index contributed by atoms with van der Waals surface area (Å²) < 4.78 is 0. The molecule has 2 aliphatic rings. The average Bonchev–Trinajstić information content (AvgIpc) is 3.32. The number of hydrogen-bond donors (Lipinski definition) is 0. The van der Waals surface area contributed by atoms with Gasteiger partial charge in [0.1, 0.15) is 0 Å². The van der Waals surface area contributed by atoms with Gasteiger partial charge in [0.25, 0.3) is 0 Å². The SMILES string of the molecule is C/C1=C/c2ccc([n-]2)/C=c2/cc/c([n-]2)=C/c2cc3c([n-]2)/C(=C\[N-]1)CC3.[Mg+2]. The number of aromatic nitrogens is 3. The first-order valence-corrected chi connectivity index (χ1v) is 8.45. The summed E-state index contributed by atoms with van der Waals surface area (Å²) in [4.78, 5) is 14.0. The molecule has 0 aromatic carbocycles. The van der Waals surface area contributed by atoms with E-state index < -0.39 is 0 Å². The number of rotatable bonds is 0. The number of aryl methyl sites for hydroxylation is 1. The molecule has 4 nitrogen and oxygen atoms in total. The van der Waals surface area contributed by atoms with Gasteiger partial charge in [0.2, 0.25) is 0 Å². The van der Waals surface area contributed by atoms with Gasteiger partial charge in [-0.25, -0.2) is 0 Å². The molecule has 0 amide bonds. The molecule has 0 fully saturated rings. The fraction of sp³-hybridized carbons (Fsp3) is 0.143. The normalized spacial score (nSPS) is 21.7. The molecule has 4 heterocycles. The molecule has 0 spiro atoms. The zero-order valence-electron chi connectivity index (χ0n) is 14.6. The van der Waals surface area contributed by atoms with Crippen molar-refractivity contribution in [3.8, 4) is 0 Å². The van der Waals surface area contributed by atoms with Crippen molar-refractivity contribution in [1.82, 2.24) is 15.0 Å². The van der Waals surface area contributed by atoms with E-state index in [0.29, 0.717) is 0 Å². The molecular weight excluding hydrogens is 333 g/mol. The van der Waals surface area contributed by atoms with Gasteiger partial charge in [-0.05, 0) is 12.8 Å². The van der Waals surface area contributed by atoms with E-state index in [9.17, 15) is 0 Å². The fourth-order valence-corrected chi connectivity index (χ4v) is 3.38. The van der Waals surface area contributed by atoms with Crippen molar-refractivity contribution in [2.24, 2.45) is 0 Å². The van der Waals surface area contributed by atoms with Crippen LogP contribution >= 0.6 is 0 Å². The Morgan fingerprint density at radius 1 is 0.769 bits per heavy atom. The molecule has 0 N–H and O–H groups in total. The van der Waals surface area contributed by atoms with Gasteiger partial charge in [-0.2, -0.15) is 11.9 Å². The third kappa shape index (κ3) is 3.20. The predicted octanol–water partition coefficient (Wildman–Crippen LogP) is 1.87. The van der Waals surface area contributed by atoms with E-state index in [1.807, 2.05) is 55.6 Å². The van der Waals surface area contributed by atoms with E-state index in [1.54, 1.807) is 0 Å². The molecule has 1 aliphatic heterocycles. The second-order valence-corrected chi connectivity index (χ2v) is 6.50. The van der Waals surface area contributed by atoms with Crippen molar-refractivity contribution in [3.05, 3.63) is 86.6 Å². The van der Waals surface area contributed by atoms with E-state index in [4.69, 9.17) is 4.98 Å². The second-order valence-electron chi connectivity index (χ2n) is 6.50. The first-order chi connectivity index (χ1) is 12.2. The number of nitrogens with zero attached hydrogens (tertiary/aromatic N) is 4. The predicted molar refractivity (Wildman–Crippen MR) is 105 cm³/mol. The quantitative estimate of drug-likeness (QED) is 0.583. The molecule has 0 saturated carbocycles.